The zero-order valence-electron chi connectivity index (χ0n) is 17.1. The number of carbonyl (C=O) groups is 1. The van der Waals surface area contributed by atoms with Crippen LogP contribution in [0.2, 0.25) is 0 Å². The van der Waals surface area contributed by atoms with Gasteiger partial charge in [-0.3, -0.25) is 9.78 Å². The van der Waals surface area contributed by atoms with Crippen molar-refractivity contribution in [3.63, 3.8) is 0 Å². The minimum absolute atomic E-state index is 0.216. The first-order chi connectivity index (χ1) is 14.5. The van der Waals surface area contributed by atoms with Gasteiger partial charge in [0.1, 0.15) is 11.5 Å². The van der Waals surface area contributed by atoms with E-state index in [0.29, 0.717) is 18.2 Å². The van der Waals surface area contributed by atoms with Gasteiger partial charge in [0.05, 0.1) is 12.2 Å². The van der Waals surface area contributed by atoms with Gasteiger partial charge in [-0.15, -0.1) is 0 Å². The monoisotopic (exact) mass is 421 g/mol. The summed E-state index contributed by atoms with van der Waals surface area (Å²) in [6.07, 6.45) is 3.55. The van der Waals surface area contributed by atoms with E-state index < -0.39 is 0 Å². The molecule has 3 heterocycles. The van der Waals surface area contributed by atoms with Crippen molar-refractivity contribution in [1.82, 2.24) is 15.0 Å². The van der Waals surface area contributed by atoms with Crippen molar-refractivity contribution in [3.8, 4) is 0 Å². The maximum atomic E-state index is 12.6. The molecule has 1 aliphatic rings. The molecule has 0 radical (unpaired) electrons. The van der Waals surface area contributed by atoms with E-state index in [1.165, 1.54) is 5.56 Å². The number of nitrogens with zero attached hydrogens (tertiary/aromatic N) is 4. The average Bonchev–Trinajstić information content (AvgIpc) is 3.19. The molecule has 1 N–H and O–H groups in total. The summed E-state index contributed by atoms with van der Waals surface area (Å²) in [5.41, 5.74) is 5.51. The van der Waals surface area contributed by atoms with Crippen molar-refractivity contribution >= 4 is 29.8 Å². The van der Waals surface area contributed by atoms with E-state index in [0.717, 1.165) is 35.0 Å². The molecule has 4 rings (SSSR count). The Balaban J connectivity index is 0.00000124. The van der Waals surface area contributed by atoms with Crippen molar-refractivity contribution in [2.24, 2.45) is 0 Å². The summed E-state index contributed by atoms with van der Waals surface area (Å²) in [6.45, 7) is 7.63. The van der Waals surface area contributed by atoms with Crippen LogP contribution in [0.3, 0.4) is 0 Å². The lowest BCUT2D eigenvalue weighted by atomic mass is 10.0. The van der Waals surface area contributed by atoms with Crippen LogP contribution in [0.5, 0.6) is 0 Å². The molecule has 0 saturated heterocycles. The first-order valence-corrected chi connectivity index (χ1v) is 9.93. The first-order valence-electron chi connectivity index (χ1n) is 9.60. The lowest BCUT2D eigenvalue weighted by Crippen LogP contribution is -2.18. The van der Waals surface area contributed by atoms with Gasteiger partial charge < -0.3 is 10.2 Å². The molecule has 0 atom stereocenters. The van der Waals surface area contributed by atoms with E-state index in [9.17, 15) is 4.79 Å². The van der Waals surface area contributed by atoms with Gasteiger partial charge >= 0.3 is 0 Å². The van der Waals surface area contributed by atoms with Crippen molar-refractivity contribution < 1.29 is 9.00 Å². The summed E-state index contributed by atoms with van der Waals surface area (Å²) >= 11 is 2.83. The Kier molecular flexibility index (Phi) is 6.79. The Labute approximate surface area is 181 Å². The minimum Gasteiger partial charge on any atom is -0.361 e. The van der Waals surface area contributed by atoms with E-state index in [2.05, 4.69) is 51.5 Å². The van der Waals surface area contributed by atoms with Crippen LogP contribution in [0.15, 0.2) is 48.8 Å². The fourth-order valence-electron chi connectivity index (χ4n) is 3.32. The summed E-state index contributed by atoms with van der Waals surface area (Å²) in [5.74, 6) is 1.02. The molecular weight excluding hydrogens is 398 g/mol. The predicted octanol–water partition coefficient (Wildman–Crippen LogP) is 3.74. The number of carbonyl (C=O) groups excluding carboxylic acids is 1. The molecule has 0 saturated carbocycles. The zero-order valence-corrected chi connectivity index (χ0v) is 17.9. The fraction of sp³-hybridized carbons (Fsp3) is 0.273. The number of fused-ring (bicyclic) bond motifs is 1. The molecule has 0 fully saturated rings. The molecule has 30 heavy (non-hydrogen) atoms. The van der Waals surface area contributed by atoms with Crippen LogP contribution in [-0.2, 0) is 25.6 Å². The number of nitrogens with one attached hydrogen (secondary N) is 1. The maximum absolute atomic E-state index is 12.6. The SMILES string of the molecule is Cc1ncc2c(n1)CN(c1ccnc(C(=O)Nc3ccc(C(C)C)cc3)c1)C2.O=S. The fourth-order valence-corrected chi connectivity index (χ4v) is 3.32. The number of hydrogen-bond acceptors (Lipinski definition) is 7. The number of hydrogen-bond donors (Lipinski definition) is 1. The normalized spacial score (nSPS) is 12.2. The Hall–Kier alpha value is -3.26. The van der Waals surface area contributed by atoms with Gasteiger partial charge in [-0.25, -0.2) is 9.97 Å². The van der Waals surface area contributed by atoms with E-state index in [1.54, 1.807) is 6.20 Å². The number of aryl methyl sites for hydroxylation is 1. The molecule has 8 heteroatoms. The lowest BCUT2D eigenvalue weighted by Gasteiger charge is -2.17. The van der Waals surface area contributed by atoms with Crippen LogP contribution in [0, 0.1) is 6.92 Å². The molecular formula is C22H23N5O2S. The van der Waals surface area contributed by atoms with Crippen LogP contribution in [0.4, 0.5) is 11.4 Å². The van der Waals surface area contributed by atoms with Crippen molar-refractivity contribution in [3.05, 3.63) is 77.1 Å². The molecule has 154 valence electrons. The second-order valence-corrected chi connectivity index (χ2v) is 7.38. The quantitative estimate of drug-likeness (QED) is 0.686. The second kappa shape index (κ2) is 9.49. The molecule has 1 amide bonds. The van der Waals surface area contributed by atoms with E-state index in [4.69, 9.17) is 4.21 Å². The number of anilines is 2. The number of rotatable bonds is 4. The zero-order chi connectivity index (χ0) is 21.7. The Morgan fingerprint density at radius 2 is 1.83 bits per heavy atom. The molecule has 2 aromatic heterocycles. The molecule has 1 aliphatic heterocycles. The van der Waals surface area contributed by atoms with Crippen LogP contribution >= 0.6 is 0 Å². The molecule has 0 unspecified atom stereocenters. The molecule has 0 spiro atoms. The summed E-state index contributed by atoms with van der Waals surface area (Å²) in [4.78, 5) is 27.9. The Morgan fingerprint density at radius 1 is 1.10 bits per heavy atom. The topological polar surface area (TPSA) is 88.1 Å². The van der Waals surface area contributed by atoms with E-state index >= 15 is 0 Å². The standard InChI is InChI=1S/C22H23N5O.OS/c1-14(2)16-4-6-18(7-5-16)26-22(28)20-10-19(8-9-23-20)27-12-17-11-24-15(3)25-21(17)13-27;1-2/h4-11,14H,12-13H2,1-3H3,(H,26,28);. The number of aromatic nitrogens is 3. The highest BCUT2D eigenvalue weighted by Crippen LogP contribution is 2.27. The highest BCUT2D eigenvalue weighted by Gasteiger charge is 2.22. The van der Waals surface area contributed by atoms with Gasteiger partial charge in [-0.2, -0.15) is 4.21 Å². The molecule has 7 nitrogen and oxygen atoms in total. The second-order valence-electron chi connectivity index (χ2n) is 7.38. The largest absolute Gasteiger partial charge is 0.361 e. The van der Waals surface area contributed by atoms with E-state index in [1.807, 2.05) is 49.5 Å². The summed E-state index contributed by atoms with van der Waals surface area (Å²) < 4.78 is 7.83. The Morgan fingerprint density at radius 3 is 2.53 bits per heavy atom. The van der Waals surface area contributed by atoms with Crippen molar-refractivity contribution in [1.29, 1.82) is 0 Å². The minimum atomic E-state index is -0.216. The smallest absolute Gasteiger partial charge is 0.274 e. The van der Waals surface area contributed by atoms with Gasteiger partial charge in [0, 0.05) is 35.9 Å². The maximum Gasteiger partial charge on any atom is 0.274 e. The van der Waals surface area contributed by atoms with Crippen LogP contribution in [-0.4, -0.2) is 25.1 Å². The van der Waals surface area contributed by atoms with E-state index in [-0.39, 0.29) is 5.91 Å². The number of benzene rings is 1. The molecule has 0 bridgehead atoms. The first kappa shape index (κ1) is 21.4. The number of amides is 1. The molecule has 3 aromatic rings. The third-order valence-corrected chi connectivity index (χ3v) is 4.95. The highest BCUT2D eigenvalue weighted by atomic mass is 32.1. The predicted molar refractivity (Wildman–Crippen MR) is 118 cm³/mol. The summed E-state index contributed by atoms with van der Waals surface area (Å²) in [7, 11) is 0. The van der Waals surface area contributed by atoms with Gasteiger partial charge in [0.2, 0.25) is 0 Å². The van der Waals surface area contributed by atoms with Crippen LogP contribution < -0.4 is 10.2 Å². The highest BCUT2D eigenvalue weighted by molar-refractivity contribution is 7.44. The molecule has 0 aliphatic carbocycles. The average molecular weight is 422 g/mol. The number of pyridine rings is 1. The Bertz CT molecular complexity index is 1040. The van der Waals surface area contributed by atoms with Crippen LogP contribution in [0.1, 0.15) is 52.9 Å². The summed E-state index contributed by atoms with van der Waals surface area (Å²) in [5, 5.41) is 2.92. The van der Waals surface area contributed by atoms with Crippen molar-refractivity contribution in [2.75, 3.05) is 10.2 Å². The van der Waals surface area contributed by atoms with Crippen LogP contribution in [0.25, 0.3) is 0 Å². The lowest BCUT2D eigenvalue weighted by molar-refractivity contribution is 0.102. The van der Waals surface area contributed by atoms with Gasteiger partial charge in [-0.1, -0.05) is 26.0 Å². The van der Waals surface area contributed by atoms with Gasteiger partial charge in [0.15, 0.2) is 12.5 Å². The van der Waals surface area contributed by atoms with Crippen molar-refractivity contribution in [2.45, 2.75) is 39.8 Å². The third-order valence-electron chi connectivity index (χ3n) is 4.95. The van der Waals surface area contributed by atoms with Gasteiger partial charge in [0.25, 0.3) is 5.91 Å². The third kappa shape index (κ3) is 4.83. The summed E-state index contributed by atoms with van der Waals surface area (Å²) in [6, 6.07) is 11.7. The van der Waals surface area contributed by atoms with Gasteiger partial charge in [-0.05, 0) is 42.7 Å². The molecule has 1 aromatic carbocycles.